The van der Waals surface area contributed by atoms with Gasteiger partial charge in [-0.25, -0.2) is 59.4 Å². The Hall–Kier alpha value is -9.30. The molecule has 20 rings (SSSR count). The zero-order chi connectivity index (χ0) is 101. The van der Waals surface area contributed by atoms with Gasteiger partial charge >= 0.3 is 12.2 Å². The summed E-state index contributed by atoms with van der Waals surface area (Å²) in [5.41, 5.74) is 16.2. The Balaban J connectivity index is 0.000000152. The summed E-state index contributed by atoms with van der Waals surface area (Å²) in [7, 11) is -1.34. The number of hydrogen-bond acceptors (Lipinski definition) is 40. The number of nitrogens with zero attached hydrogens (tertiary/aromatic N) is 15. The summed E-state index contributed by atoms with van der Waals surface area (Å²) >= 11 is 21.6. The highest BCUT2D eigenvalue weighted by molar-refractivity contribution is 14.1. The SMILES string of the molecule is CC(C)(C)OC(=O)Nc1c[nH]ccc1=S.CC(C)(C)OC(=O)Nc1cccnc1.CSc1nc(C)c(-c2nc3cnccc3s2)c(N[C@@H]2C[C@H](CO)[C@H]3OC(C)(C)O[C@H]32)n1.CSc1nc(C)c(I)c(N[C@@H]2C[C@H](CO)[C@H]3OC(C)(C)O[C@H]32)n1.Cc1nc(S(C)=O)nc(N[C@@H]2C[C@H](CO)[C@H]3OC(C)(C)O[C@H]32)c1-c1nc2cnccc2s1.[Cl-].[NH3+]c1c[nH]ccc1=S.c1cc2scnc2cn1.c1cc2scnc2cn1. The van der Waals surface area contributed by atoms with Gasteiger partial charge in [-0.1, -0.05) is 48.0 Å². The normalized spacial score (nSPS) is 21.3. The van der Waals surface area contributed by atoms with E-state index in [1.165, 1.54) is 44.3 Å². The zero-order valence-corrected chi connectivity index (χ0v) is 91.5. The van der Waals surface area contributed by atoms with E-state index in [0.717, 1.165) is 107 Å². The number of rotatable bonds is 16. The fraction of sp³-hybridized carbons (Fsp3) is 0.436. The number of amides is 2. The van der Waals surface area contributed by atoms with E-state index < -0.39 is 51.5 Å². The summed E-state index contributed by atoms with van der Waals surface area (Å²) in [4.78, 5) is 93.7. The summed E-state index contributed by atoms with van der Waals surface area (Å²) in [6.45, 7) is 28.3. The van der Waals surface area contributed by atoms with Gasteiger partial charge in [0, 0.05) is 93.4 Å². The van der Waals surface area contributed by atoms with E-state index in [1.54, 1.807) is 166 Å². The Kier molecular flexibility index (Phi) is 39.0. The molecule has 14 aromatic heterocycles. The largest absolute Gasteiger partial charge is 1.00 e. The molecule has 3 saturated heterocycles. The maximum atomic E-state index is 12.2. The molecule has 6 fully saturated rings. The van der Waals surface area contributed by atoms with Gasteiger partial charge in [-0.3, -0.25) is 39.8 Å². The molecule has 14 aromatic rings. The molecule has 13 N–H and O–H groups in total. The number of halogens is 2. The topological polar surface area (TPSA) is 498 Å². The quantitative estimate of drug-likeness (QED) is 0.0185. The van der Waals surface area contributed by atoms with Crippen molar-refractivity contribution in [3.05, 3.63) is 176 Å². The van der Waals surface area contributed by atoms with Crippen molar-refractivity contribution >= 4 is 214 Å². The number of carbonyl (C=O) groups is 2. The highest BCUT2D eigenvalue weighted by Crippen LogP contribution is 2.48. The molecule has 758 valence electrons. The van der Waals surface area contributed by atoms with Crippen molar-refractivity contribution in [3.63, 3.8) is 0 Å². The third-order valence-corrected chi connectivity index (χ3v) is 29.5. The minimum atomic E-state index is -1.34. The average molecular weight is 2240 g/mol. The predicted octanol–water partition coefficient (Wildman–Crippen LogP) is 14.9. The van der Waals surface area contributed by atoms with E-state index in [2.05, 4.69) is 125 Å². The van der Waals surface area contributed by atoms with Gasteiger partial charge < -0.3 is 97.3 Å². The number of thioether (sulfide) groups is 2. The van der Waals surface area contributed by atoms with E-state index in [4.69, 9.17) is 77.3 Å². The van der Waals surface area contributed by atoms with Crippen LogP contribution in [0, 0.1) is 51.1 Å². The highest BCUT2D eigenvalue weighted by atomic mass is 127. The molecule has 142 heavy (non-hydrogen) atoms. The van der Waals surface area contributed by atoms with Gasteiger partial charge in [0.25, 0.3) is 0 Å². The molecule has 0 bridgehead atoms. The predicted molar refractivity (Wildman–Crippen MR) is 566 cm³/mol. The summed E-state index contributed by atoms with van der Waals surface area (Å²) in [6, 6.07) is 14.7. The fourth-order valence-electron chi connectivity index (χ4n) is 15.9. The van der Waals surface area contributed by atoms with Gasteiger partial charge in [0.05, 0.1) is 173 Å². The number of aliphatic hydroxyl groups is 3. The van der Waals surface area contributed by atoms with E-state index in [0.29, 0.717) is 39.0 Å². The molecule has 1 unspecified atom stereocenters. The minimum absolute atomic E-state index is 0. The number of quaternary nitrogens is 1. The van der Waals surface area contributed by atoms with E-state index in [9.17, 15) is 29.1 Å². The Labute approximate surface area is 878 Å². The lowest BCUT2D eigenvalue weighted by molar-refractivity contribution is -0.255. The second-order valence-electron chi connectivity index (χ2n) is 36.3. The lowest BCUT2D eigenvalue weighted by Gasteiger charge is -2.24. The molecule has 48 heteroatoms. The standard InChI is InChI=1S/C21H25N5O4S2.C21H25N5O3S2.C15H22IN3O3S.C10H14N2O2S.C10H14N2O2.2C6H4N2S.C5H6N2S.ClH/c1-10-15(19-25-13-8-22-6-5-14(13)31-19)18(26-20(23-10)32(4)28)24-12-7-11(9-27)16-17(12)30-21(2,3)29-16;1-10-15(19-25-13-8-22-6-5-14(13)31-19)18(26-20(23-10)30-4)24-12-7-11(9-27)16-17(12)29-21(2,3)28-16;1-7-10(16)13(19-14(17-7)23-4)18-9-5-8(6-20)11-12(9)22-15(2,3)21-11;1-10(2,3)14-9(13)12-7-6-11-5-4-8(7)15;1-10(2,3)14-9(13)12-8-5-4-6-11-7-8;2*1-2-7-3-5-6(1)9-4-8-5;6-4-3-7-2-1-5(4)8;/h5-6,8,11-12,16-17,27H,7,9H2,1-4H3,(H,23,24,26);5-6,8,11-12,16-17,27H,7,9H2,1-4H3,(H,23,24,26);8-9,11-12,20H,5-6H2,1-4H3,(H,17,18,19);4-6H,1-3H3,(H,11,15)(H,12,13);4-7H,1-3H3,(H,12,13);2*1-4H;1-3H,6H2,(H,7,8);1H/t11-,12-,16-,17+,32?;11-,12-,16-,17+;8-,9-,11-,12+;;;;;;/m111....../s1. The number of pyridine rings is 7. The van der Waals surface area contributed by atoms with Gasteiger partial charge in [0.15, 0.2) is 33.4 Å². The highest BCUT2D eigenvalue weighted by Gasteiger charge is 2.57. The van der Waals surface area contributed by atoms with Gasteiger partial charge in [-0.2, -0.15) is 0 Å². The summed E-state index contributed by atoms with van der Waals surface area (Å²) in [6.07, 6.45) is 30.0. The lowest BCUT2D eigenvalue weighted by atomic mass is 10.1. The van der Waals surface area contributed by atoms with Crippen LogP contribution in [0.3, 0.4) is 0 Å². The number of aromatic nitrogens is 17. The molecule has 0 radical (unpaired) electrons. The molecule has 37 nitrogen and oxygen atoms in total. The molecule has 6 aliphatic rings. The number of aromatic amines is 2. The van der Waals surface area contributed by atoms with Crippen molar-refractivity contribution in [1.82, 2.24) is 84.7 Å². The fourth-order valence-corrected chi connectivity index (χ4v) is 21.3. The second-order valence-corrected chi connectivity index (χ2v) is 44.9. The monoisotopic (exact) mass is 2240 g/mol. The van der Waals surface area contributed by atoms with Crippen LogP contribution < -0.4 is 44.7 Å². The van der Waals surface area contributed by atoms with Crippen LogP contribution in [0.4, 0.5) is 44.1 Å². The average Bonchev–Trinajstić information content (AvgIpc) is 1.61. The summed E-state index contributed by atoms with van der Waals surface area (Å²) < 4.78 is 65.8. The molecule has 0 aromatic carbocycles. The number of H-pyrrole nitrogens is 2. The van der Waals surface area contributed by atoms with Crippen LogP contribution in [0.5, 0.6) is 0 Å². The third-order valence-electron chi connectivity index (χ3n) is 21.9. The van der Waals surface area contributed by atoms with Crippen LogP contribution in [0.25, 0.3) is 62.0 Å². The van der Waals surface area contributed by atoms with Gasteiger partial charge in [0.2, 0.25) is 5.16 Å². The van der Waals surface area contributed by atoms with Crippen LogP contribution in [0.15, 0.2) is 162 Å². The van der Waals surface area contributed by atoms with Gasteiger partial charge in [-0.15, -0.1) is 45.3 Å². The molecular weight excluding hydrogens is 2130 g/mol. The molecule has 2 amide bonds. The number of aliphatic hydroxyl groups excluding tert-OH is 3. The van der Waals surface area contributed by atoms with Crippen LogP contribution in [0.1, 0.15) is 119 Å². The van der Waals surface area contributed by atoms with Crippen LogP contribution >= 0.6 is 116 Å². The molecule has 17 heterocycles. The van der Waals surface area contributed by atoms with Gasteiger partial charge in [0.1, 0.15) is 72.5 Å². The number of aryl methyl sites for hydroxylation is 3. The lowest BCUT2D eigenvalue weighted by Crippen LogP contribution is -3.00. The van der Waals surface area contributed by atoms with Crippen LogP contribution in [-0.2, 0) is 48.7 Å². The first-order valence-electron chi connectivity index (χ1n) is 44.7. The zero-order valence-electron chi connectivity index (χ0n) is 81.2. The van der Waals surface area contributed by atoms with Crippen molar-refractivity contribution in [1.29, 1.82) is 0 Å². The smallest absolute Gasteiger partial charge is 0.412 e. The van der Waals surface area contributed by atoms with Crippen LogP contribution in [0.2, 0.25) is 0 Å². The first-order valence-corrected chi connectivity index (χ1v) is 54.0. The second kappa shape index (κ2) is 49.7. The molecule has 3 aliphatic heterocycles. The van der Waals surface area contributed by atoms with Crippen molar-refractivity contribution in [3.8, 4) is 21.1 Å². The first kappa shape index (κ1) is 111. The number of thiazole rings is 4. The molecule has 0 spiro atoms. The number of carbonyl (C=O) groups excluding carboxylic acids is 2. The molecular formula is C94H115ClIN23O14S9. The molecule has 13 atom stereocenters. The Morgan fingerprint density at radius 2 is 0.915 bits per heavy atom. The minimum Gasteiger partial charge on any atom is -1.00 e. The van der Waals surface area contributed by atoms with Crippen molar-refractivity contribution < 1.29 is 85.2 Å². The Bertz CT molecular complexity index is 6570. The summed E-state index contributed by atoms with van der Waals surface area (Å²) in [5.74, 6) is 0.190. The maximum absolute atomic E-state index is 12.2. The van der Waals surface area contributed by atoms with Crippen molar-refractivity contribution in [2.75, 3.05) is 65.2 Å². The Morgan fingerprint density at radius 3 is 1.31 bits per heavy atom. The van der Waals surface area contributed by atoms with Crippen LogP contribution in [-0.4, -0.2) is 238 Å². The molecule has 3 aliphatic carbocycles. The number of anilines is 5. The van der Waals surface area contributed by atoms with E-state index in [-0.39, 0.29) is 110 Å². The number of nitrogens with one attached hydrogen (secondary N) is 7. The summed E-state index contributed by atoms with van der Waals surface area (Å²) in [5, 5.41) is 48.6. The van der Waals surface area contributed by atoms with E-state index >= 15 is 0 Å². The third kappa shape index (κ3) is 30.0. The van der Waals surface area contributed by atoms with E-state index in [1.807, 2.05) is 137 Å². The Morgan fingerprint density at radius 1 is 0.521 bits per heavy atom. The number of hydrogen-bond donors (Lipinski definition) is 11. The van der Waals surface area contributed by atoms with Gasteiger partial charge in [-0.05, 0) is 207 Å². The first-order chi connectivity index (χ1) is 67.1. The van der Waals surface area contributed by atoms with Crippen molar-refractivity contribution in [2.24, 2.45) is 17.8 Å². The van der Waals surface area contributed by atoms with Crippen molar-refractivity contribution in [2.45, 2.75) is 222 Å². The number of ether oxygens (including phenoxy) is 8. The number of fused-ring (bicyclic) bond motifs is 7. The molecule has 3 saturated carbocycles. The maximum Gasteiger partial charge on any atom is 0.412 e.